The second kappa shape index (κ2) is 9.44. The maximum absolute atomic E-state index is 14.8. The van der Waals surface area contributed by atoms with Crippen LogP contribution < -0.4 is 4.31 Å². The minimum absolute atomic E-state index is 0.0138. The summed E-state index contributed by atoms with van der Waals surface area (Å²) in [4.78, 5) is 3.61. The van der Waals surface area contributed by atoms with Gasteiger partial charge < -0.3 is 10.1 Å². The Kier molecular flexibility index (Phi) is 6.26. The molecule has 0 fully saturated rings. The van der Waals surface area contributed by atoms with Crippen molar-refractivity contribution in [2.75, 3.05) is 4.31 Å². The van der Waals surface area contributed by atoms with Crippen molar-refractivity contribution in [1.82, 2.24) is 4.98 Å². The highest BCUT2D eigenvalue weighted by Gasteiger charge is 2.36. The third-order valence-electron chi connectivity index (χ3n) is 7.11. The van der Waals surface area contributed by atoms with Gasteiger partial charge in [-0.1, -0.05) is 105 Å². The quantitative estimate of drug-likeness (QED) is 0.215. The van der Waals surface area contributed by atoms with Crippen molar-refractivity contribution in [3.63, 3.8) is 0 Å². The highest BCUT2D eigenvalue weighted by molar-refractivity contribution is 7.93. The molecule has 0 saturated heterocycles. The molecule has 2 N–H and O–H groups in total. The number of sulfonamides is 1. The number of fused-ring (bicyclic) bond motifs is 4. The van der Waals surface area contributed by atoms with Gasteiger partial charge in [-0.15, -0.1) is 0 Å². The smallest absolute Gasteiger partial charge is 0.268 e. The van der Waals surface area contributed by atoms with Gasteiger partial charge in [-0.05, 0) is 45.8 Å². The Morgan fingerprint density at radius 1 is 0.775 bits per heavy atom. The van der Waals surface area contributed by atoms with Crippen LogP contribution in [0, 0.1) is 0 Å². The molecule has 202 valence electrons. The van der Waals surface area contributed by atoms with Crippen LogP contribution in [0.1, 0.15) is 26.5 Å². The van der Waals surface area contributed by atoms with E-state index in [4.69, 9.17) is 23.2 Å². The molecular weight excluding hydrogens is 563 g/mol. The summed E-state index contributed by atoms with van der Waals surface area (Å²) < 4.78 is 30.9. The number of aromatic amines is 1. The van der Waals surface area contributed by atoms with Gasteiger partial charge in [0.2, 0.25) is 0 Å². The van der Waals surface area contributed by atoms with Crippen molar-refractivity contribution in [3.05, 3.63) is 107 Å². The van der Waals surface area contributed by atoms with E-state index in [0.29, 0.717) is 11.4 Å². The van der Waals surface area contributed by atoms with E-state index in [1.807, 2.05) is 81.4 Å². The number of H-pyrrole nitrogens is 1. The number of hydrogen-bond donors (Lipinski definition) is 2. The molecule has 0 aliphatic heterocycles. The van der Waals surface area contributed by atoms with Gasteiger partial charge in [0.05, 0.1) is 26.3 Å². The second-order valence-electron chi connectivity index (χ2n) is 10.8. The fourth-order valence-electron chi connectivity index (χ4n) is 5.18. The monoisotopic (exact) mass is 588 g/mol. The number of aromatic hydroxyl groups is 1. The van der Waals surface area contributed by atoms with Crippen molar-refractivity contribution in [2.45, 2.75) is 31.1 Å². The van der Waals surface area contributed by atoms with Gasteiger partial charge in [0, 0.05) is 28.1 Å². The van der Waals surface area contributed by atoms with E-state index in [2.05, 4.69) is 4.98 Å². The first-order valence-corrected chi connectivity index (χ1v) is 14.9. The van der Waals surface area contributed by atoms with Crippen molar-refractivity contribution >= 4 is 77.0 Å². The molecule has 0 amide bonds. The van der Waals surface area contributed by atoms with Gasteiger partial charge in [0.15, 0.2) is 0 Å². The molecule has 0 aliphatic rings. The van der Waals surface area contributed by atoms with E-state index in [9.17, 15) is 13.5 Å². The summed E-state index contributed by atoms with van der Waals surface area (Å²) >= 11 is 13.1. The molecule has 0 unspecified atom stereocenters. The van der Waals surface area contributed by atoms with Crippen molar-refractivity contribution in [2.24, 2.45) is 0 Å². The van der Waals surface area contributed by atoms with E-state index in [1.54, 1.807) is 18.2 Å². The van der Waals surface area contributed by atoms with Gasteiger partial charge in [-0.25, -0.2) is 12.7 Å². The number of halogens is 2. The average Bonchev–Trinajstić information content (AvgIpc) is 3.32. The number of nitrogens with one attached hydrogen (secondary N) is 1. The van der Waals surface area contributed by atoms with Crippen LogP contribution in [0.5, 0.6) is 5.75 Å². The molecule has 6 aromatic rings. The molecule has 40 heavy (non-hydrogen) atoms. The van der Waals surface area contributed by atoms with E-state index >= 15 is 0 Å². The Morgan fingerprint density at radius 3 is 2.15 bits per heavy atom. The molecule has 0 saturated carbocycles. The topological polar surface area (TPSA) is 73.4 Å². The second-order valence-corrected chi connectivity index (χ2v) is 13.4. The summed E-state index contributed by atoms with van der Waals surface area (Å²) in [6.45, 7) is 6.07. The Hall–Kier alpha value is -3.71. The Morgan fingerprint density at radius 2 is 1.43 bits per heavy atom. The fourth-order valence-corrected chi connectivity index (χ4v) is 7.19. The Bertz CT molecular complexity index is 2060. The van der Waals surface area contributed by atoms with E-state index in [1.165, 1.54) is 16.4 Å². The standard InChI is InChI=1S/C32H26Cl2N2O3S/c1-32(2,3)31-30(29-23-11-7-6-9-20(23)13-15-26(29)35-31)36(27-17-25(34)28(37)18-24(27)33)40(38,39)22-14-12-19-8-4-5-10-21(19)16-22/h4-18,35,37H,1-3H3. The molecule has 0 radical (unpaired) electrons. The molecule has 6 rings (SSSR count). The summed E-state index contributed by atoms with van der Waals surface area (Å²) in [6, 6.07) is 27.1. The van der Waals surface area contributed by atoms with E-state index in [-0.39, 0.29) is 26.4 Å². The van der Waals surface area contributed by atoms with Crippen LogP contribution in [0.15, 0.2) is 95.9 Å². The number of rotatable bonds is 4. The van der Waals surface area contributed by atoms with Crippen LogP contribution in [0.3, 0.4) is 0 Å². The summed E-state index contributed by atoms with van der Waals surface area (Å²) in [5.74, 6) is -0.237. The molecule has 0 atom stereocenters. The Balaban J connectivity index is 1.78. The maximum Gasteiger partial charge on any atom is 0.268 e. The number of nitrogens with zero attached hydrogens (tertiary/aromatic N) is 1. The van der Waals surface area contributed by atoms with Gasteiger partial charge in [0.1, 0.15) is 5.75 Å². The summed E-state index contributed by atoms with van der Waals surface area (Å²) in [5.41, 5.74) is 1.61. The number of hydrogen-bond acceptors (Lipinski definition) is 3. The predicted molar refractivity (Wildman–Crippen MR) is 166 cm³/mol. The zero-order valence-electron chi connectivity index (χ0n) is 22.0. The van der Waals surface area contributed by atoms with Crippen molar-refractivity contribution in [3.8, 4) is 5.75 Å². The summed E-state index contributed by atoms with van der Waals surface area (Å²) in [7, 11) is -4.27. The van der Waals surface area contributed by atoms with Crippen LogP contribution in [0.2, 0.25) is 10.0 Å². The molecule has 5 nitrogen and oxygen atoms in total. The molecular formula is C32H26Cl2N2O3S. The number of phenolic OH excluding ortho intramolecular Hbond substituents is 1. The first-order chi connectivity index (χ1) is 19.0. The first-order valence-electron chi connectivity index (χ1n) is 12.7. The lowest BCUT2D eigenvalue weighted by Gasteiger charge is -2.30. The molecule has 1 aromatic heterocycles. The molecule has 8 heteroatoms. The Labute approximate surface area is 242 Å². The van der Waals surface area contributed by atoms with Gasteiger partial charge >= 0.3 is 0 Å². The number of aromatic nitrogens is 1. The van der Waals surface area contributed by atoms with Crippen LogP contribution in [0.4, 0.5) is 11.4 Å². The molecule has 0 bridgehead atoms. The van der Waals surface area contributed by atoms with Crippen molar-refractivity contribution < 1.29 is 13.5 Å². The van der Waals surface area contributed by atoms with Gasteiger partial charge in [0.25, 0.3) is 10.0 Å². The lowest BCUT2D eigenvalue weighted by molar-refractivity contribution is 0.475. The zero-order chi connectivity index (χ0) is 28.4. The summed E-state index contributed by atoms with van der Waals surface area (Å²) in [6.07, 6.45) is 0. The number of phenols is 1. The highest BCUT2D eigenvalue weighted by atomic mass is 35.5. The van der Waals surface area contributed by atoms with Crippen LogP contribution >= 0.6 is 23.2 Å². The third kappa shape index (κ3) is 4.27. The van der Waals surface area contributed by atoms with E-state index < -0.39 is 15.4 Å². The van der Waals surface area contributed by atoms with Crippen LogP contribution in [0.25, 0.3) is 32.4 Å². The average molecular weight is 590 g/mol. The molecule has 1 heterocycles. The molecule has 0 aliphatic carbocycles. The highest BCUT2D eigenvalue weighted by Crippen LogP contribution is 2.49. The van der Waals surface area contributed by atoms with E-state index in [0.717, 1.165) is 32.4 Å². The lowest BCUT2D eigenvalue weighted by Crippen LogP contribution is -2.29. The molecule has 5 aromatic carbocycles. The van der Waals surface area contributed by atoms with Gasteiger partial charge in [-0.2, -0.15) is 0 Å². The largest absolute Gasteiger partial charge is 0.506 e. The van der Waals surface area contributed by atoms with Crippen LogP contribution in [-0.4, -0.2) is 18.5 Å². The zero-order valence-corrected chi connectivity index (χ0v) is 24.4. The lowest BCUT2D eigenvalue weighted by atomic mass is 9.90. The first kappa shape index (κ1) is 26.5. The number of anilines is 2. The van der Waals surface area contributed by atoms with Crippen molar-refractivity contribution in [1.29, 1.82) is 0 Å². The normalized spacial score (nSPS) is 12.4. The number of benzene rings is 5. The predicted octanol–water partition coefficient (Wildman–Crippen LogP) is 9.31. The minimum Gasteiger partial charge on any atom is -0.506 e. The third-order valence-corrected chi connectivity index (χ3v) is 9.42. The fraction of sp³-hybridized carbons (Fsp3) is 0.125. The SMILES string of the molecule is CC(C)(C)c1[nH]c2ccc3ccccc3c2c1N(c1cc(Cl)c(O)cc1Cl)S(=O)(=O)c1ccc2ccccc2c1. The summed E-state index contributed by atoms with van der Waals surface area (Å²) in [5, 5.41) is 14.6. The molecule has 0 spiro atoms. The maximum atomic E-state index is 14.8. The minimum atomic E-state index is -4.27. The van der Waals surface area contributed by atoms with Gasteiger partial charge in [-0.3, -0.25) is 0 Å². The van der Waals surface area contributed by atoms with Crippen LogP contribution in [-0.2, 0) is 15.4 Å².